The Hall–Kier alpha value is -2.57. The zero-order chi connectivity index (χ0) is 20.1. The molecule has 0 spiro atoms. The second-order valence-corrected chi connectivity index (χ2v) is 7.34. The number of nitrogens with one attached hydrogen (secondary N) is 2. The summed E-state index contributed by atoms with van der Waals surface area (Å²) in [5.74, 6) is 0.166. The third-order valence-electron chi connectivity index (χ3n) is 4.56. The minimum atomic E-state index is -0.547. The minimum absolute atomic E-state index is 0.0350. The van der Waals surface area contributed by atoms with Gasteiger partial charge >= 0.3 is 0 Å². The first kappa shape index (κ1) is 20.2. The summed E-state index contributed by atoms with van der Waals surface area (Å²) >= 11 is 6.02. The molecule has 28 heavy (non-hydrogen) atoms. The highest BCUT2D eigenvalue weighted by molar-refractivity contribution is 6.31. The molecule has 0 radical (unpaired) electrons. The summed E-state index contributed by atoms with van der Waals surface area (Å²) < 4.78 is 5.26. The second-order valence-electron chi connectivity index (χ2n) is 6.90. The molecule has 2 amide bonds. The number of hydrogen-bond donors (Lipinski definition) is 2. The van der Waals surface area contributed by atoms with Gasteiger partial charge in [-0.2, -0.15) is 0 Å². The molecule has 0 heterocycles. The molecule has 0 aliphatic heterocycles. The van der Waals surface area contributed by atoms with E-state index in [1.54, 1.807) is 30.1 Å². The van der Waals surface area contributed by atoms with Gasteiger partial charge in [-0.15, -0.1) is 0 Å². The molecule has 3 rings (SSSR count). The molecule has 2 aromatic rings. The van der Waals surface area contributed by atoms with Crippen molar-refractivity contribution in [1.82, 2.24) is 10.2 Å². The van der Waals surface area contributed by atoms with Gasteiger partial charge in [0.05, 0.1) is 19.3 Å². The Kier molecular flexibility index (Phi) is 6.54. The van der Waals surface area contributed by atoms with Crippen molar-refractivity contribution in [3.63, 3.8) is 0 Å². The number of benzene rings is 2. The van der Waals surface area contributed by atoms with Crippen molar-refractivity contribution in [2.45, 2.75) is 24.9 Å². The van der Waals surface area contributed by atoms with Crippen molar-refractivity contribution in [1.29, 1.82) is 0 Å². The Morgan fingerprint density at radius 1 is 1.21 bits per heavy atom. The number of nitrogens with zero attached hydrogens (tertiary/aromatic N) is 1. The van der Waals surface area contributed by atoms with Gasteiger partial charge in [-0.3, -0.25) is 14.5 Å². The normalized spacial score (nSPS) is 14.4. The van der Waals surface area contributed by atoms with Crippen molar-refractivity contribution in [2.75, 3.05) is 26.0 Å². The molecular weight excluding hydrogens is 378 g/mol. The maximum atomic E-state index is 12.8. The second kappa shape index (κ2) is 9.08. The topological polar surface area (TPSA) is 70.7 Å². The number of carbonyl (C=O) groups excluding carboxylic acids is 2. The fourth-order valence-electron chi connectivity index (χ4n) is 3.03. The van der Waals surface area contributed by atoms with Crippen LogP contribution in [0.5, 0.6) is 5.75 Å². The van der Waals surface area contributed by atoms with Crippen LogP contribution in [0, 0.1) is 0 Å². The molecule has 148 valence electrons. The summed E-state index contributed by atoms with van der Waals surface area (Å²) in [6.07, 6.45) is 2.01. The Morgan fingerprint density at radius 3 is 2.57 bits per heavy atom. The van der Waals surface area contributed by atoms with Crippen LogP contribution in [-0.4, -0.2) is 43.5 Å². The van der Waals surface area contributed by atoms with E-state index in [0.717, 1.165) is 18.4 Å². The van der Waals surface area contributed by atoms with Gasteiger partial charge in [-0.1, -0.05) is 41.9 Å². The molecular formula is C21H24ClN3O3. The molecule has 0 aromatic heterocycles. The standard InChI is InChI=1S/C21H24ClN3O3/c1-25(13-19(26)24-17-12-15(22)8-11-18(17)28-2)20(14-6-4-3-5-7-14)21(27)23-16-9-10-16/h3-8,11-12,16,20H,9-10,13H2,1-2H3,(H,23,27)(H,24,26)/t20-/m1/s1. The van der Waals surface area contributed by atoms with E-state index in [9.17, 15) is 9.59 Å². The van der Waals surface area contributed by atoms with Gasteiger partial charge in [0.1, 0.15) is 11.8 Å². The predicted octanol–water partition coefficient (Wildman–Crippen LogP) is 3.24. The zero-order valence-electron chi connectivity index (χ0n) is 15.9. The van der Waals surface area contributed by atoms with Gasteiger partial charge in [-0.05, 0) is 43.7 Å². The smallest absolute Gasteiger partial charge is 0.242 e. The van der Waals surface area contributed by atoms with Crippen molar-refractivity contribution in [3.05, 3.63) is 59.1 Å². The first-order valence-corrected chi connectivity index (χ1v) is 9.54. The number of carbonyl (C=O) groups is 2. The Labute approximate surface area is 169 Å². The lowest BCUT2D eigenvalue weighted by molar-refractivity contribution is -0.127. The summed E-state index contributed by atoms with van der Waals surface area (Å²) in [4.78, 5) is 27.1. The third kappa shape index (κ3) is 5.24. The van der Waals surface area contributed by atoms with Crippen LogP contribution in [0.4, 0.5) is 5.69 Å². The Morgan fingerprint density at radius 2 is 1.93 bits per heavy atom. The molecule has 1 atom stereocenters. The number of methoxy groups -OCH3 is 1. The average molecular weight is 402 g/mol. The zero-order valence-corrected chi connectivity index (χ0v) is 16.7. The number of rotatable bonds is 8. The van der Waals surface area contributed by atoms with Crippen LogP contribution < -0.4 is 15.4 Å². The van der Waals surface area contributed by atoms with Crippen molar-refractivity contribution in [2.24, 2.45) is 0 Å². The summed E-state index contributed by atoms with van der Waals surface area (Å²) in [6, 6.07) is 14.2. The van der Waals surface area contributed by atoms with E-state index < -0.39 is 6.04 Å². The number of anilines is 1. The molecule has 0 bridgehead atoms. The largest absolute Gasteiger partial charge is 0.495 e. The summed E-state index contributed by atoms with van der Waals surface area (Å²) in [5.41, 5.74) is 1.34. The van der Waals surface area contributed by atoms with Crippen molar-refractivity contribution < 1.29 is 14.3 Å². The number of likely N-dealkylation sites (N-methyl/N-ethyl adjacent to an activating group) is 1. The van der Waals surface area contributed by atoms with E-state index >= 15 is 0 Å². The lowest BCUT2D eigenvalue weighted by Gasteiger charge is -2.27. The first-order chi connectivity index (χ1) is 13.5. The van der Waals surface area contributed by atoms with Crippen LogP contribution >= 0.6 is 11.6 Å². The van der Waals surface area contributed by atoms with Crippen LogP contribution in [-0.2, 0) is 9.59 Å². The Balaban J connectivity index is 1.72. The lowest BCUT2D eigenvalue weighted by Crippen LogP contribution is -2.42. The number of halogens is 1. The van der Waals surface area contributed by atoms with Gasteiger partial charge in [0, 0.05) is 11.1 Å². The van der Waals surface area contributed by atoms with Gasteiger partial charge in [0.15, 0.2) is 0 Å². The van der Waals surface area contributed by atoms with E-state index in [0.29, 0.717) is 16.5 Å². The maximum Gasteiger partial charge on any atom is 0.242 e. The van der Waals surface area contributed by atoms with Gasteiger partial charge in [0.25, 0.3) is 0 Å². The number of ether oxygens (including phenoxy) is 1. The highest BCUT2D eigenvalue weighted by Gasteiger charge is 2.31. The number of amides is 2. The predicted molar refractivity (Wildman–Crippen MR) is 110 cm³/mol. The fraction of sp³-hybridized carbons (Fsp3) is 0.333. The van der Waals surface area contributed by atoms with Gasteiger partial charge in [0.2, 0.25) is 11.8 Å². The van der Waals surface area contributed by atoms with E-state index in [2.05, 4.69) is 10.6 Å². The fourth-order valence-corrected chi connectivity index (χ4v) is 3.21. The monoisotopic (exact) mass is 401 g/mol. The molecule has 1 fully saturated rings. The first-order valence-electron chi connectivity index (χ1n) is 9.17. The Bertz CT molecular complexity index is 840. The van der Waals surface area contributed by atoms with Gasteiger partial charge in [-0.25, -0.2) is 0 Å². The average Bonchev–Trinajstić information content (AvgIpc) is 3.46. The molecule has 2 N–H and O–H groups in total. The molecule has 1 saturated carbocycles. The SMILES string of the molecule is COc1ccc(Cl)cc1NC(=O)CN(C)[C@@H](C(=O)NC1CC1)c1ccccc1. The molecule has 7 heteroatoms. The van der Waals surface area contributed by atoms with Gasteiger partial charge < -0.3 is 15.4 Å². The molecule has 1 aliphatic carbocycles. The summed E-state index contributed by atoms with van der Waals surface area (Å²) in [7, 11) is 3.29. The van der Waals surface area contributed by atoms with Crippen LogP contribution in [0.1, 0.15) is 24.4 Å². The van der Waals surface area contributed by atoms with Crippen LogP contribution in [0.15, 0.2) is 48.5 Å². The van der Waals surface area contributed by atoms with Crippen LogP contribution in [0.2, 0.25) is 5.02 Å². The molecule has 0 unspecified atom stereocenters. The summed E-state index contributed by atoms with van der Waals surface area (Å²) in [5, 5.41) is 6.34. The highest BCUT2D eigenvalue weighted by Crippen LogP contribution is 2.28. The summed E-state index contributed by atoms with van der Waals surface area (Å²) in [6.45, 7) is 0.0350. The molecule has 2 aromatic carbocycles. The maximum absolute atomic E-state index is 12.8. The highest BCUT2D eigenvalue weighted by atomic mass is 35.5. The van der Waals surface area contributed by atoms with Crippen molar-refractivity contribution in [3.8, 4) is 5.75 Å². The number of hydrogen-bond acceptors (Lipinski definition) is 4. The lowest BCUT2D eigenvalue weighted by atomic mass is 10.0. The van der Waals surface area contributed by atoms with Crippen molar-refractivity contribution >= 4 is 29.1 Å². The van der Waals surface area contributed by atoms with E-state index in [1.165, 1.54) is 7.11 Å². The minimum Gasteiger partial charge on any atom is -0.495 e. The molecule has 0 saturated heterocycles. The van der Waals surface area contributed by atoms with Crippen LogP contribution in [0.3, 0.4) is 0 Å². The van der Waals surface area contributed by atoms with E-state index in [4.69, 9.17) is 16.3 Å². The molecule has 1 aliphatic rings. The quantitative estimate of drug-likeness (QED) is 0.712. The molecule has 6 nitrogen and oxygen atoms in total. The van der Waals surface area contributed by atoms with E-state index in [-0.39, 0.29) is 24.4 Å². The van der Waals surface area contributed by atoms with Crippen LogP contribution in [0.25, 0.3) is 0 Å². The van der Waals surface area contributed by atoms with E-state index in [1.807, 2.05) is 30.3 Å². The third-order valence-corrected chi connectivity index (χ3v) is 4.79.